The van der Waals surface area contributed by atoms with Crippen LogP contribution in [0.5, 0.6) is 5.75 Å². The van der Waals surface area contributed by atoms with Crippen molar-refractivity contribution in [2.24, 2.45) is 5.41 Å². The first kappa shape index (κ1) is 18.5. The lowest BCUT2D eigenvalue weighted by molar-refractivity contribution is -0.134. The SMILES string of the molecule is COc1ccc(CNC(=O)C2(C(=O)Nc3c(Cl)cccc3Cl)CC2)cc1. The summed E-state index contributed by atoms with van der Waals surface area (Å²) in [7, 11) is 1.59. The number of ether oxygens (including phenoxy) is 1. The van der Waals surface area contributed by atoms with Crippen molar-refractivity contribution in [3.8, 4) is 5.75 Å². The van der Waals surface area contributed by atoms with Gasteiger partial charge in [0, 0.05) is 6.54 Å². The number of carbonyl (C=O) groups excluding carboxylic acids is 2. The molecule has 2 aromatic rings. The molecule has 0 saturated heterocycles. The van der Waals surface area contributed by atoms with Crippen molar-refractivity contribution in [2.45, 2.75) is 19.4 Å². The van der Waals surface area contributed by atoms with Gasteiger partial charge in [-0.3, -0.25) is 9.59 Å². The van der Waals surface area contributed by atoms with Gasteiger partial charge >= 0.3 is 0 Å². The van der Waals surface area contributed by atoms with Crippen LogP contribution in [0.2, 0.25) is 10.0 Å². The van der Waals surface area contributed by atoms with Crippen LogP contribution in [0.3, 0.4) is 0 Å². The quantitative estimate of drug-likeness (QED) is 0.728. The fraction of sp³-hybridized carbons (Fsp3) is 0.263. The number of carbonyl (C=O) groups is 2. The number of hydrogen-bond donors (Lipinski definition) is 2. The zero-order chi connectivity index (χ0) is 18.7. The van der Waals surface area contributed by atoms with E-state index in [1.54, 1.807) is 25.3 Å². The molecule has 136 valence electrons. The summed E-state index contributed by atoms with van der Waals surface area (Å²) < 4.78 is 5.10. The van der Waals surface area contributed by atoms with E-state index in [1.807, 2.05) is 24.3 Å². The standard InChI is InChI=1S/C19H18Cl2N2O3/c1-26-13-7-5-12(6-8-13)11-22-17(24)19(9-10-19)18(25)23-16-14(20)3-2-4-15(16)21/h2-8H,9-11H2,1H3,(H,22,24)(H,23,25). The zero-order valence-corrected chi connectivity index (χ0v) is 15.7. The first-order valence-electron chi connectivity index (χ1n) is 8.13. The summed E-state index contributed by atoms with van der Waals surface area (Å²) in [5.41, 5.74) is 0.189. The van der Waals surface area contributed by atoms with Crippen molar-refractivity contribution in [3.05, 3.63) is 58.1 Å². The van der Waals surface area contributed by atoms with Gasteiger partial charge in [-0.25, -0.2) is 0 Å². The van der Waals surface area contributed by atoms with Gasteiger partial charge in [-0.05, 0) is 42.7 Å². The number of halogens is 2. The van der Waals surface area contributed by atoms with Gasteiger partial charge in [0.25, 0.3) is 0 Å². The van der Waals surface area contributed by atoms with E-state index >= 15 is 0 Å². The number of amides is 2. The van der Waals surface area contributed by atoms with Crippen LogP contribution in [0.25, 0.3) is 0 Å². The van der Waals surface area contributed by atoms with E-state index in [4.69, 9.17) is 27.9 Å². The molecule has 0 radical (unpaired) electrons. The Balaban J connectivity index is 1.63. The maximum absolute atomic E-state index is 12.6. The van der Waals surface area contributed by atoms with Crippen LogP contribution in [0.1, 0.15) is 18.4 Å². The molecule has 7 heteroatoms. The van der Waals surface area contributed by atoms with Crippen molar-refractivity contribution in [1.82, 2.24) is 5.32 Å². The van der Waals surface area contributed by atoms with E-state index in [1.165, 1.54) is 0 Å². The third kappa shape index (κ3) is 3.79. The molecular weight excluding hydrogens is 375 g/mol. The van der Waals surface area contributed by atoms with Gasteiger partial charge in [0.1, 0.15) is 11.2 Å². The predicted molar refractivity (Wildman–Crippen MR) is 102 cm³/mol. The van der Waals surface area contributed by atoms with Crippen LogP contribution in [0.4, 0.5) is 5.69 Å². The Morgan fingerprint density at radius 2 is 1.65 bits per heavy atom. The normalized spacial score (nSPS) is 14.4. The highest BCUT2D eigenvalue weighted by Crippen LogP contribution is 2.47. The lowest BCUT2D eigenvalue weighted by Gasteiger charge is -2.17. The summed E-state index contributed by atoms with van der Waals surface area (Å²) in [6, 6.07) is 12.3. The summed E-state index contributed by atoms with van der Waals surface area (Å²) in [5, 5.41) is 6.19. The molecule has 1 aliphatic rings. The van der Waals surface area contributed by atoms with E-state index < -0.39 is 5.41 Å². The van der Waals surface area contributed by atoms with Crippen LogP contribution in [0.15, 0.2) is 42.5 Å². The second kappa shape index (κ2) is 7.56. The highest BCUT2D eigenvalue weighted by Gasteiger charge is 2.56. The summed E-state index contributed by atoms with van der Waals surface area (Å²) in [6.07, 6.45) is 0.991. The number of hydrogen-bond acceptors (Lipinski definition) is 3. The Bertz CT molecular complexity index is 813. The van der Waals surface area contributed by atoms with Crippen molar-refractivity contribution in [1.29, 1.82) is 0 Å². The van der Waals surface area contributed by atoms with Gasteiger partial charge in [0.05, 0.1) is 22.8 Å². The third-order valence-electron chi connectivity index (χ3n) is 4.43. The highest BCUT2D eigenvalue weighted by atomic mass is 35.5. The predicted octanol–water partition coefficient (Wildman–Crippen LogP) is 4.04. The molecule has 2 N–H and O–H groups in total. The van der Waals surface area contributed by atoms with Crippen molar-refractivity contribution in [3.63, 3.8) is 0 Å². The number of anilines is 1. The average molecular weight is 393 g/mol. The van der Waals surface area contributed by atoms with Gasteiger partial charge in [-0.15, -0.1) is 0 Å². The van der Waals surface area contributed by atoms with E-state index in [-0.39, 0.29) is 11.8 Å². The molecule has 5 nitrogen and oxygen atoms in total. The van der Waals surface area contributed by atoms with E-state index in [0.717, 1.165) is 11.3 Å². The van der Waals surface area contributed by atoms with Crippen LogP contribution in [-0.2, 0) is 16.1 Å². The van der Waals surface area contributed by atoms with Gasteiger partial charge in [-0.2, -0.15) is 0 Å². The molecule has 1 saturated carbocycles. The fourth-order valence-corrected chi connectivity index (χ4v) is 3.12. The Morgan fingerprint density at radius 1 is 1.04 bits per heavy atom. The molecule has 0 aromatic heterocycles. The topological polar surface area (TPSA) is 67.4 Å². The Morgan fingerprint density at radius 3 is 2.19 bits per heavy atom. The van der Waals surface area contributed by atoms with Crippen LogP contribution < -0.4 is 15.4 Å². The fourth-order valence-electron chi connectivity index (χ4n) is 2.63. The van der Waals surface area contributed by atoms with E-state index in [9.17, 15) is 9.59 Å². The van der Waals surface area contributed by atoms with Gasteiger partial charge in [0.2, 0.25) is 11.8 Å². The van der Waals surface area contributed by atoms with Crippen LogP contribution in [0, 0.1) is 5.41 Å². The minimum Gasteiger partial charge on any atom is -0.497 e. The van der Waals surface area contributed by atoms with Gasteiger partial charge < -0.3 is 15.4 Å². The monoisotopic (exact) mass is 392 g/mol. The molecule has 0 spiro atoms. The Hall–Kier alpha value is -2.24. The molecule has 3 rings (SSSR count). The molecule has 1 aliphatic carbocycles. The summed E-state index contributed by atoms with van der Waals surface area (Å²) >= 11 is 12.2. The first-order chi connectivity index (χ1) is 12.5. The smallest absolute Gasteiger partial charge is 0.240 e. The summed E-state index contributed by atoms with van der Waals surface area (Å²) in [4.78, 5) is 25.2. The lowest BCUT2D eigenvalue weighted by Crippen LogP contribution is -2.39. The highest BCUT2D eigenvalue weighted by molar-refractivity contribution is 6.40. The zero-order valence-electron chi connectivity index (χ0n) is 14.1. The molecule has 0 unspecified atom stereocenters. The Kier molecular flexibility index (Phi) is 5.39. The molecule has 0 bridgehead atoms. The molecule has 26 heavy (non-hydrogen) atoms. The number of para-hydroxylation sites is 1. The molecule has 1 fully saturated rings. The van der Waals surface area contributed by atoms with Gasteiger partial charge in [-0.1, -0.05) is 41.4 Å². The Labute approximate surface area is 161 Å². The van der Waals surface area contributed by atoms with Crippen LogP contribution in [-0.4, -0.2) is 18.9 Å². The number of methoxy groups -OCH3 is 1. The maximum Gasteiger partial charge on any atom is 0.240 e. The number of benzene rings is 2. The van der Waals surface area contributed by atoms with Crippen molar-refractivity contribution < 1.29 is 14.3 Å². The third-order valence-corrected chi connectivity index (χ3v) is 5.06. The lowest BCUT2D eigenvalue weighted by atomic mass is 10.0. The number of nitrogens with one attached hydrogen (secondary N) is 2. The summed E-state index contributed by atoms with van der Waals surface area (Å²) in [5.74, 6) is 0.0588. The molecule has 2 aromatic carbocycles. The molecule has 0 atom stereocenters. The molecule has 0 aliphatic heterocycles. The molecule has 2 amide bonds. The van der Waals surface area contributed by atoms with Crippen molar-refractivity contribution in [2.75, 3.05) is 12.4 Å². The van der Waals surface area contributed by atoms with E-state index in [2.05, 4.69) is 10.6 Å². The summed E-state index contributed by atoms with van der Waals surface area (Å²) in [6.45, 7) is 0.338. The minimum absolute atomic E-state index is 0.297. The first-order valence-corrected chi connectivity index (χ1v) is 8.88. The molecular formula is C19H18Cl2N2O3. The minimum atomic E-state index is -1.06. The largest absolute Gasteiger partial charge is 0.497 e. The van der Waals surface area contributed by atoms with E-state index in [0.29, 0.717) is 35.1 Å². The second-order valence-electron chi connectivity index (χ2n) is 6.16. The average Bonchev–Trinajstić information content (AvgIpc) is 3.45. The van der Waals surface area contributed by atoms with Crippen molar-refractivity contribution >= 4 is 40.7 Å². The maximum atomic E-state index is 12.6. The van der Waals surface area contributed by atoms with Crippen LogP contribution >= 0.6 is 23.2 Å². The second-order valence-corrected chi connectivity index (χ2v) is 6.98. The number of rotatable bonds is 6. The van der Waals surface area contributed by atoms with Gasteiger partial charge in [0.15, 0.2) is 0 Å². The molecule has 0 heterocycles.